The molecule has 0 fully saturated rings. The van der Waals surface area contributed by atoms with Crippen LogP contribution in [-0.4, -0.2) is 17.4 Å². The van der Waals surface area contributed by atoms with Gasteiger partial charge >= 0.3 is 0 Å². The molecule has 0 unspecified atom stereocenters. The Morgan fingerprint density at radius 2 is 2.16 bits per heavy atom. The SMILES string of the molecule is Cc1cccc(CCNc2ccnc(C(N)=O)c2)c1. The van der Waals surface area contributed by atoms with Gasteiger partial charge in [-0.05, 0) is 31.0 Å². The van der Waals surface area contributed by atoms with E-state index in [1.165, 1.54) is 11.1 Å². The van der Waals surface area contributed by atoms with Crippen molar-refractivity contribution >= 4 is 11.6 Å². The zero-order valence-electron chi connectivity index (χ0n) is 10.9. The molecular formula is C15H17N3O. The molecule has 0 radical (unpaired) electrons. The molecule has 4 heteroatoms. The predicted molar refractivity (Wildman–Crippen MR) is 76.1 cm³/mol. The number of benzene rings is 1. The van der Waals surface area contributed by atoms with Gasteiger partial charge in [-0.25, -0.2) is 0 Å². The first-order chi connectivity index (χ1) is 9.15. The average molecular weight is 255 g/mol. The van der Waals surface area contributed by atoms with Gasteiger partial charge in [0.25, 0.3) is 5.91 Å². The molecule has 0 aliphatic carbocycles. The second-order valence-corrected chi connectivity index (χ2v) is 4.46. The van der Waals surface area contributed by atoms with Crippen molar-refractivity contribution in [1.29, 1.82) is 0 Å². The van der Waals surface area contributed by atoms with Crippen LogP contribution in [0.5, 0.6) is 0 Å². The van der Waals surface area contributed by atoms with Crippen LogP contribution in [0.1, 0.15) is 21.6 Å². The topological polar surface area (TPSA) is 68.0 Å². The fourth-order valence-electron chi connectivity index (χ4n) is 1.89. The number of nitrogens with two attached hydrogens (primary N) is 1. The minimum Gasteiger partial charge on any atom is -0.385 e. The summed E-state index contributed by atoms with van der Waals surface area (Å²) in [4.78, 5) is 14.9. The van der Waals surface area contributed by atoms with Crippen molar-refractivity contribution in [2.24, 2.45) is 5.73 Å². The van der Waals surface area contributed by atoms with Gasteiger partial charge in [-0.2, -0.15) is 0 Å². The van der Waals surface area contributed by atoms with Crippen LogP contribution in [-0.2, 0) is 6.42 Å². The summed E-state index contributed by atoms with van der Waals surface area (Å²) in [5.41, 5.74) is 8.88. The number of hydrogen-bond acceptors (Lipinski definition) is 3. The van der Waals surface area contributed by atoms with Gasteiger partial charge in [0.1, 0.15) is 5.69 Å². The Morgan fingerprint density at radius 1 is 1.32 bits per heavy atom. The van der Waals surface area contributed by atoms with E-state index in [0.29, 0.717) is 0 Å². The maximum Gasteiger partial charge on any atom is 0.267 e. The molecule has 0 bridgehead atoms. The number of aromatic nitrogens is 1. The van der Waals surface area contributed by atoms with Crippen LogP contribution in [0.3, 0.4) is 0 Å². The first-order valence-corrected chi connectivity index (χ1v) is 6.20. The molecule has 1 aromatic carbocycles. The second-order valence-electron chi connectivity index (χ2n) is 4.46. The maximum atomic E-state index is 11.0. The molecule has 1 aromatic heterocycles. The van der Waals surface area contributed by atoms with Crippen LogP contribution < -0.4 is 11.1 Å². The Bertz CT molecular complexity index is 581. The first kappa shape index (κ1) is 13.1. The van der Waals surface area contributed by atoms with E-state index >= 15 is 0 Å². The van der Waals surface area contributed by atoms with Crippen molar-refractivity contribution in [3.63, 3.8) is 0 Å². The number of rotatable bonds is 5. The molecule has 0 atom stereocenters. The molecule has 0 aliphatic rings. The highest BCUT2D eigenvalue weighted by atomic mass is 16.1. The highest BCUT2D eigenvalue weighted by molar-refractivity contribution is 5.91. The molecule has 1 amide bonds. The Morgan fingerprint density at radius 3 is 2.89 bits per heavy atom. The number of carbonyl (C=O) groups is 1. The van der Waals surface area contributed by atoms with Gasteiger partial charge in [-0.1, -0.05) is 29.8 Å². The number of nitrogens with one attached hydrogen (secondary N) is 1. The molecule has 0 saturated carbocycles. The average Bonchev–Trinajstić information content (AvgIpc) is 2.39. The highest BCUT2D eigenvalue weighted by Gasteiger charge is 2.02. The van der Waals surface area contributed by atoms with Gasteiger partial charge in [0.05, 0.1) is 0 Å². The van der Waals surface area contributed by atoms with E-state index in [-0.39, 0.29) is 5.69 Å². The zero-order valence-corrected chi connectivity index (χ0v) is 10.9. The van der Waals surface area contributed by atoms with Gasteiger partial charge in [0, 0.05) is 18.4 Å². The summed E-state index contributed by atoms with van der Waals surface area (Å²) >= 11 is 0. The standard InChI is InChI=1S/C15H17N3O/c1-11-3-2-4-12(9-11)5-7-17-13-6-8-18-14(10-13)15(16)19/h2-4,6,8-10H,5,7H2,1H3,(H2,16,19)(H,17,18). The van der Waals surface area contributed by atoms with Crippen molar-refractivity contribution in [2.45, 2.75) is 13.3 Å². The summed E-state index contributed by atoms with van der Waals surface area (Å²) in [6.45, 7) is 2.88. The number of primary amides is 1. The Hall–Kier alpha value is -2.36. The van der Waals surface area contributed by atoms with Crippen LogP contribution in [0.4, 0.5) is 5.69 Å². The van der Waals surface area contributed by atoms with Crippen molar-refractivity contribution in [1.82, 2.24) is 4.98 Å². The van der Waals surface area contributed by atoms with Gasteiger partial charge < -0.3 is 11.1 Å². The molecule has 98 valence electrons. The van der Waals surface area contributed by atoms with Crippen LogP contribution in [0.2, 0.25) is 0 Å². The lowest BCUT2D eigenvalue weighted by Gasteiger charge is -2.07. The number of carbonyl (C=O) groups excluding carboxylic acids is 1. The smallest absolute Gasteiger partial charge is 0.267 e. The number of anilines is 1. The minimum absolute atomic E-state index is 0.278. The molecule has 2 aromatic rings. The number of hydrogen-bond donors (Lipinski definition) is 2. The summed E-state index contributed by atoms with van der Waals surface area (Å²) in [6, 6.07) is 11.9. The monoisotopic (exact) mass is 255 g/mol. The van der Waals surface area contributed by atoms with E-state index in [9.17, 15) is 4.79 Å². The van der Waals surface area contributed by atoms with Crippen molar-refractivity contribution < 1.29 is 4.79 Å². The van der Waals surface area contributed by atoms with E-state index in [0.717, 1.165) is 18.7 Å². The third-order valence-electron chi connectivity index (χ3n) is 2.84. The lowest BCUT2D eigenvalue weighted by atomic mass is 10.1. The zero-order chi connectivity index (χ0) is 13.7. The molecule has 19 heavy (non-hydrogen) atoms. The van der Waals surface area contributed by atoms with Gasteiger partial charge in [0.15, 0.2) is 0 Å². The third kappa shape index (κ3) is 3.81. The summed E-state index contributed by atoms with van der Waals surface area (Å²) in [6.07, 6.45) is 2.50. The van der Waals surface area contributed by atoms with E-state index in [4.69, 9.17) is 5.73 Å². The Balaban J connectivity index is 1.92. The van der Waals surface area contributed by atoms with Crippen LogP contribution in [0.15, 0.2) is 42.6 Å². The van der Waals surface area contributed by atoms with Crippen molar-refractivity contribution in [3.05, 3.63) is 59.4 Å². The summed E-state index contributed by atoms with van der Waals surface area (Å²) in [7, 11) is 0. The number of nitrogens with zero attached hydrogens (tertiary/aromatic N) is 1. The van der Waals surface area contributed by atoms with E-state index in [1.54, 1.807) is 12.3 Å². The van der Waals surface area contributed by atoms with Crippen LogP contribution >= 0.6 is 0 Å². The number of aryl methyl sites for hydroxylation is 1. The molecule has 3 N–H and O–H groups in total. The summed E-state index contributed by atoms with van der Waals surface area (Å²) in [5, 5.41) is 3.26. The van der Waals surface area contributed by atoms with Crippen LogP contribution in [0, 0.1) is 6.92 Å². The maximum absolute atomic E-state index is 11.0. The van der Waals surface area contributed by atoms with Gasteiger partial charge in [-0.3, -0.25) is 9.78 Å². The quantitative estimate of drug-likeness (QED) is 0.860. The van der Waals surface area contributed by atoms with Crippen LogP contribution in [0.25, 0.3) is 0 Å². The lowest BCUT2D eigenvalue weighted by Crippen LogP contribution is -2.13. The predicted octanol–water partition coefficient (Wildman–Crippen LogP) is 2.14. The molecule has 0 aliphatic heterocycles. The van der Waals surface area contributed by atoms with Crippen molar-refractivity contribution in [3.8, 4) is 0 Å². The molecular weight excluding hydrogens is 238 g/mol. The molecule has 0 saturated heterocycles. The third-order valence-corrected chi connectivity index (χ3v) is 2.84. The number of amides is 1. The van der Waals surface area contributed by atoms with E-state index < -0.39 is 5.91 Å². The number of pyridine rings is 1. The largest absolute Gasteiger partial charge is 0.385 e. The van der Waals surface area contributed by atoms with E-state index in [2.05, 4.69) is 41.5 Å². The Kier molecular flexibility index (Phi) is 4.13. The molecule has 2 rings (SSSR count). The highest BCUT2D eigenvalue weighted by Crippen LogP contribution is 2.09. The lowest BCUT2D eigenvalue weighted by molar-refractivity contribution is 0.0995. The second kappa shape index (κ2) is 6.00. The first-order valence-electron chi connectivity index (χ1n) is 6.20. The Labute approximate surface area is 112 Å². The van der Waals surface area contributed by atoms with E-state index in [1.807, 2.05) is 6.07 Å². The molecule has 0 spiro atoms. The van der Waals surface area contributed by atoms with Gasteiger partial charge in [-0.15, -0.1) is 0 Å². The summed E-state index contributed by atoms with van der Waals surface area (Å²) in [5.74, 6) is -0.512. The van der Waals surface area contributed by atoms with Gasteiger partial charge in [0.2, 0.25) is 0 Å². The molecule has 1 heterocycles. The van der Waals surface area contributed by atoms with Crippen molar-refractivity contribution in [2.75, 3.05) is 11.9 Å². The fraction of sp³-hybridized carbons (Fsp3) is 0.200. The summed E-state index contributed by atoms with van der Waals surface area (Å²) < 4.78 is 0. The fourth-order valence-corrected chi connectivity index (χ4v) is 1.89. The normalized spacial score (nSPS) is 10.2. The molecule has 4 nitrogen and oxygen atoms in total. The minimum atomic E-state index is -0.512.